The topological polar surface area (TPSA) is 53.9 Å². The quantitative estimate of drug-likeness (QED) is 0.687. The van der Waals surface area contributed by atoms with Gasteiger partial charge in [-0.25, -0.2) is 9.97 Å². The number of rotatable bonds is 5. The molecule has 0 atom stereocenters. The number of aromatic nitrogens is 3. The molecule has 0 spiro atoms. The summed E-state index contributed by atoms with van der Waals surface area (Å²) >= 11 is 5.98. The van der Waals surface area contributed by atoms with Crippen LogP contribution in [0.5, 0.6) is 0 Å². The van der Waals surface area contributed by atoms with E-state index in [1.165, 1.54) is 5.56 Å². The van der Waals surface area contributed by atoms with E-state index in [2.05, 4.69) is 32.3 Å². The van der Waals surface area contributed by atoms with Crippen LogP contribution in [-0.2, 0) is 6.54 Å². The van der Waals surface area contributed by atoms with E-state index in [0.29, 0.717) is 6.04 Å². The predicted octanol–water partition coefficient (Wildman–Crippen LogP) is 4.58. The average Bonchev–Trinajstić information content (AvgIpc) is 2.71. The van der Waals surface area contributed by atoms with Crippen LogP contribution in [0.15, 0.2) is 54.9 Å². The van der Waals surface area contributed by atoms with E-state index in [-0.39, 0.29) is 0 Å². The fourth-order valence-electron chi connectivity index (χ4n) is 3.57. The van der Waals surface area contributed by atoms with Gasteiger partial charge >= 0.3 is 0 Å². The summed E-state index contributed by atoms with van der Waals surface area (Å²) in [6.07, 6.45) is 5.73. The summed E-state index contributed by atoms with van der Waals surface area (Å²) in [5.41, 5.74) is 3.26. The van der Waals surface area contributed by atoms with Crippen molar-refractivity contribution in [2.45, 2.75) is 32.4 Å². The first-order valence-corrected chi connectivity index (χ1v) is 10.0. The Bertz CT molecular complexity index is 906. The smallest absolute Gasteiger partial charge is 0.161 e. The van der Waals surface area contributed by atoms with Crippen molar-refractivity contribution in [3.8, 4) is 11.4 Å². The van der Waals surface area contributed by atoms with Gasteiger partial charge in [-0.3, -0.25) is 9.88 Å². The third-order valence-electron chi connectivity index (χ3n) is 5.05. The fourth-order valence-corrected chi connectivity index (χ4v) is 3.69. The fraction of sp³-hybridized carbons (Fsp3) is 0.318. The molecule has 1 aromatic carbocycles. The monoisotopic (exact) mass is 393 g/mol. The molecule has 1 aliphatic rings. The molecule has 0 radical (unpaired) electrons. The van der Waals surface area contributed by atoms with E-state index in [0.717, 1.165) is 60.4 Å². The minimum atomic E-state index is 0.432. The van der Waals surface area contributed by atoms with Crippen LogP contribution < -0.4 is 5.32 Å². The van der Waals surface area contributed by atoms with Gasteiger partial charge in [-0.05, 0) is 49.6 Å². The summed E-state index contributed by atoms with van der Waals surface area (Å²) in [5, 5.41) is 4.40. The second-order valence-corrected chi connectivity index (χ2v) is 7.71. The number of anilines is 1. The highest BCUT2D eigenvalue weighted by Gasteiger charge is 2.20. The number of halogens is 1. The number of benzene rings is 1. The van der Waals surface area contributed by atoms with Crippen LogP contribution in [0.1, 0.15) is 24.1 Å². The van der Waals surface area contributed by atoms with E-state index >= 15 is 0 Å². The molecule has 0 aliphatic carbocycles. The third-order valence-corrected chi connectivity index (χ3v) is 5.30. The van der Waals surface area contributed by atoms with E-state index in [9.17, 15) is 0 Å². The maximum atomic E-state index is 5.98. The van der Waals surface area contributed by atoms with Gasteiger partial charge in [-0.1, -0.05) is 23.7 Å². The molecule has 0 unspecified atom stereocenters. The molecule has 1 fully saturated rings. The number of likely N-dealkylation sites (tertiary alicyclic amines) is 1. The van der Waals surface area contributed by atoms with Crippen molar-refractivity contribution >= 4 is 17.4 Å². The Morgan fingerprint density at radius 2 is 1.75 bits per heavy atom. The third kappa shape index (κ3) is 4.86. The first-order chi connectivity index (χ1) is 13.7. The zero-order valence-corrected chi connectivity index (χ0v) is 16.7. The molecule has 144 valence electrons. The first-order valence-electron chi connectivity index (χ1n) is 9.65. The van der Waals surface area contributed by atoms with Gasteiger partial charge in [0.05, 0.1) is 0 Å². The molecule has 28 heavy (non-hydrogen) atoms. The van der Waals surface area contributed by atoms with Gasteiger partial charge in [0.1, 0.15) is 5.82 Å². The van der Waals surface area contributed by atoms with E-state index in [1.54, 1.807) is 12.4 Å². The van der Waals surface area contributed by atoms with Crippen molar-refractivity contribution in [3.05, 3.63) is 71.1 Å². The summed E-state index contributed by atoms with van der Waals surface area (Å²) in [6.45, 7) is 5.12. The van der Waals surface area contributed by atoms with Crippen molar-refractivity contribution < 1.29 is 0 Å². The Labute approximate surface area is 170 Å². The molecular formula is C22H24ClN5. The molecule has 0 saturated carbocycles. The van der Waals surface area contributed by atoms with Crippen LogP contribution in [0, 0.1) is 6.92 Å². The van der Waals surface area contributed by atoms with Crippen molar-refractivity contribution in [3.63, 3.8) is 0 Å². The second kappa shape index (κ2) is 8.67. The molecule has 5 nitrogen and oxygen atoms in total. The SMILES string of the molecule is Cc1cc(NC2CCN(Cc3ccc(Cl)cc3)CC2)nc(-c2ccncc2)n1. The van der Waals surface area contributed by atoms with Gasteiger partial charge in [-0.15, -0.1) is 0 Å². The number of piperidine rings is 1. The Morgan fingerprint density at radius 3 is 2.46 bits per heavy atom. The Hall–Kier alpha value is -2.50. The molecule has 1 N–H and O–H groups in total. The molecule has 3 heterocycles. The Morgan fingerprint density at radius 1 is 1.04 bits per heavy atom. The minimum Gasteiger partial charge on any atom is -0.367 e. The van der Waals surface area contributed by atoms with Crippen LogP contribution in [0.4, 0.5) is 5.82 Å². The molecular weight excluding hydrogens is 370 g/mol. The van der Waals surface area contributed by atoms with Crippen LogP contribution in [0.25, 0.3) is 11.4 Å². The summed E-state index contributed by atoms with van der Waals surface area (Å²) in [4.78, 5) is 15.8. The standard InChI is InChI=1S/C22H24ClN5/c1-16-14-21(27-22(25-16)18-6-10-24-11-7-18)26-20-8-12-28(13-9-20)15-17-2-4-19(23)5-3-17/h2-7,10-11,14,20H,8-9,12-13,15H2,1H3,(H,25,26,27). The summed E-state index contributed by atoms with van der Waals surface area (Å²) in [7, 11) is 0. The zero-order valence-electron chi connectivity index (χ0n) is 16.0. The number of hydrogen-bond donors (Lipinski definition) is 1. The maximum Gasteiger partial charge on any atom is 0.161 e. The highest BCUT2D eigenvalue weighted by atomic mass is 35.5. The minimum absolute atomic E-state index is 0.432. The highest BCUT2D eigenvalue weighted by Crippen LogP contribution is 2.21. The Balaban J connectivity index is 1.36. The zero-order chi connectivity index (χ0) is 19.3. The predicted molar refractivity (Wildman–Crippen MR) is 113 cm³/mol. The number of nitrogens with zero attached hydrogens (tertiary/aromatic N) is 4. The largest absolute Gasteiger partial charge is 0.367 e. The van der Waals surface area contributed by atoms with Crippen molar-refractivity contribution in [2.75, 3.05) is 18.4 Å². The van der Waals surface area contributed by atoms with Crippen molar-refractivity contribution in [1.29, 1.82) is 0 Å². The lowest BCUT2D eigenvalue weighted by molar-refractivity contribution is 0.211. The summed E-state index contributed by atoms with van der Waals surface area (Å²) in [6, 6.07) is 14.5. The number of hydrogen-bond acceptors (Lipinski definition) is 5. The molecule has 0 bridgehead atoms. The molecule has 3 aromatic rings. The summed E-state index contributed by atoms with van der Waals surface area (Å²) in [5.74, 6) is 1.64. The molecule has 1 saturated heterocycles. The molecule has 1 aliphatic heterocycles. The lowest BCUT2D eigenvalue weighted by Crippen LogP contribution is -2.38. The van der Waals surface area contributed by atoms with Gasteiger partial charge in [-0.2, -0.15) is 0 Å². The molecule has 6 heteroatoms. The van der Waals surface area contributed by atoms with Crippen molar-refractivity contribution in [2.24, 2.45) is 0 Å². The first kappa shape index (κ1) is 18.8. The van der Waals surface area contributed by atoms with Gasteiger partial charge in [0, 0.05) is 60.4 Å². The molecule has 0 amide bonds. The normalized spacial score (nSPS) is 15.5. The van der Waals surface area contributed by atoms with Gasteiger partial charge in [0.2, 0.25) is 0 Å². The van der Waals surface area contributed by atoms with Crippen LogP contribution in [0.3, 0.4) is 0 Å². The van der Waals surface area contributed by atoms with Gasteiger partial charge in [0.25, 0.3) is 0 Å². The van der Waals surface area contributed by atoms with Crippen molar-refractivity contribution in [1.82, 2.24) is 19.9 Å². The number of pyridine rings is 1. The van der Waals surface area contributed by atoms with E-state index in [1.807, 2.05) is 37.3 Å². The summed E-state index contributed by atoms with van der Waals surface area (Å²) < 4.78 is 0. The van der Waals surface area contributed by atoms with E-state index < -0.39 is 0 Å². The Kier molecular flexibility index (Phi) is 5.84. The number of nitrogens with one attached hydrogen (secondary N) is 1. The highest BCUT2D eigenvalue weighted by molar-refractivity contribution is 6.30. The second-order valence-electron chi connectivity index (χ2n) is 7.28. The van der Waals surface area contributed by atoms with Crippen LogP contribution in [0.2, 0.25) is 5.02 Å². The van der Waals surface area contributed by atoms with Gasteiger partial charge in [0.15, 0.2) is 5.82 Å². The average molecular weight is 394 g/mol. The maximum absolute atomic E-state index is 5.98. The number of aryl methyl sites for hydroxylation is 1. The van der Waals surface area contributed by atoms with Crippen LogP contribution >= 0.6 is 11.6 Å². The molecule has 2 aromatic heterocycles. The van der Waals surface area contributed by atoms with E-state index in [4.69, 9.17) is 16.6 Å². The lowest BCUT2D eigenvalue weighted by atomic mass is 10.0. The van der Waals surface area contributed by atoms with Gasteiger partial charge < -0.3 is 5.32 Å². The molecule has 4 rings (SSSR count). The lowest BCUT2D eigenvalue weighted by Gasteiger charge is -2.32. The van der Waals surface area contributed by atoms with Crippen LogP contribution in [-0.4, -0.2) is 39.0 Å².